The lowest BCUT2D eigenvalue weighted by Gasteiger charge is -2.10. The Labute approximate surface area is 116 Å². The van der Waals surface area contributed by atoms with Crippen molar-refractivity contribution in [2.45, 2.75) is 20.0 Å². The zero-order valence-electron chi connectivity index (χ0n) is 11.4. The molecule has 0 atom stereocenters. The maximum atomic E-state index is 13.0. The van der Waals surface area contributed by atoms with E-state index in [9.17, 15) is 4.39 Å². The number of hydrogen-bond donors (Lipinski definition) is 2. The van der Waals surface area contributed by atoms with Gasteiger partial charge in [-0.1, -0.05) is 17.3 Å². The van der Waals surface area contributed by atoms with Crippen molar-refractivity contribution in [1.29, 1.82) is 0 Å². The fraction of sp³-hybridized carbons (Fsp3) is 0.308. The highest BCUT2D eigenvalue weighted by Gasteiger charge is 2.04. The van der Waals surface area contributed by atoms with Crippen LogP contribution in [0.5, 0.6) is 0 Å². The summed E-state index contributed by atoms with van der Waals surface area (Å²) in [4.78, 5) is 8.13. The number of benzene rings is 1. The van der Waals surface area contributed by atoms with Gasteiger partial charge in [-0.2, -0.15) is 4.98 Å². The van der Waals surface area contributed by atoms with Crippen LogP contribution in [0.1, 0.15) is 17.3 Å². The molecule has 1 heterocycles. The summed E-state index contributed by atoms with van der Waals surface area (Å²) in [7, 11) is 1.65. The van der Waals surface area contributed by atoms with E-state index in [-0.39, 0.29) is 5.82 Å². The van der Waals surface area contributed by atoms with E-state index >= 15 is 0 Å². The van der Waals surface area contributed by atoms with Crippen LogP contribution in [0.2, 0.25) is 0 Å². The molecule has 0 unspecified atom stereocenters. The van der Waals surface area contributed by atoms with Crippen LogP contribution in [0.25, 0.3) is 0 Å². The van der Waals surface area contributed by atoms with Gasteiger partial charge in [0.1, 0.15) is 5.82 Å². The number of aryl methyl sites for hydroxylation is 1. The summed E-state index contributed by atoms with van der Waals surface area (Å²) in [5.74, 6) is 1.39. The third kappa shape index (κ3) is 4.04. The Hall–Kier alpha value is -2.44. The number of hydrogen-bond acceptors (Lipinski definition) is 4. The number of aliphatic imine (C=N–C) groups is 1. The maximum Gasteiger partial charge on any atom is 0.246 e. The van der Waals surface area contributed by atoms with Gasteiger partial charge in [0.05, 0.1) is 6.54 Å². The molecule has 0 radical (unpaired) electrons. The number of rotatable bonds is 4. The number of halogens is 1. The van der Waals surface area contributed by atoms with Crippen molar-refractivity contribution in [2.24, 2.45) is 4.99 Å². The first kappa shape index (κ1) is 14.0. The van der Waals surface area contributed by atoms with Crippen molar-refractivity contribution in [1.82, 2.24) is 20.8 Å². The summed E-state index contributed by atoms with van der Waals surface area (Å²) in [6.45, 7) is 2.61. The molecule has 0 bridgehead atoms. The molecule has 0 fully saturated rings. The van der Waals surface area contributed by atoms with Crippen LogP contribution >= 0.6 is 0 Å². The predicted molar refractivity (Wildman–Crippen MR) is 72.5 cm³/mol. The van der Waals surface area contributed by atoms with Crippen molar-refractivity contribution in [3.63, 3.8) is 0 Å². The Morgan fingerprint density at radius 2 is 2.15 bits per heavy atom. The predicted octanol–water partition coefficient (Wildman–Crippen LogP) is 1.38. The van der Waals surface area contributed by atoms with Crippen molar-refractivity contribution in [3.05, 3.63) is 47.4 Å². The Kier molecular flexibility index (Phi) is 4.65. The van der Waals surface area contributed by atoms with E-state index < -0.39 is 0 Å². The summed E-state index contributed by atoms with van der Waals surface area (Å²) in [6, 6.07) is 6.39. The van der Waals surface area contributed by atoms with Crippen LogP contribution in [-0.2, 0) is 13.1 Å². The van der Waals surface area contributed by atoms with Gasteiger partial charge in [-0.3, -0.25) is 4.99 Å². The van der Waals surface area contributed by atoms with E-state index in [0.29, 0.717) is 30.8 Å². The summed E-state index contributed by atoms with van der Waals surface area (Å²) >= 11 is 0. The molecule has 0 saturated heterocycles. The molecule has 2 N–H and O–H groups in total. The number of aromatic nitrogens is 2. The standard InChI is InChI=1S/C13H16FN5O/c1-9-18-12(20-19-9)8-17-13(15-2)16-7-10-4-3-5-11(14)6-10/h3-6H,7-8H2,1-2H3,(H2,15,16,17). The first-order valence-corrected chi connectivity index (χ1v) is 6.15. The molecule has 2 rings (SSSR count). The lowest BCUT2D eigenvalue weighted by Crippen LogP contribution is -2.36. The van der Waals surface area contributed by atoms with E-state index in [0.717, 1.165) is 5.56 Å². The zero-order valence-corrected chi connectivity index (χ0v) is 11.4. The van der Waals surface area contributed by atoms with Gasteiger partial charge in [-0.15, -0.1) is 0 Å². The van der Waals surface area contributed by atoms with E-state index in [1.165, 1.54) is 12.1 Å². The quantitative estimate of drug-likeness (QED) is 0.652. The Bertz CT molecular complexity index is 596. The van der Waals surface area contributed by atoms with Gasteiger partial charge < -0.3 is 15.2 Å². The second-order valence-corrected chi connectivity index (χ2v) is 4.14. The van der Waals surface area contributed by atoms with Crippen LogP contribution in [0.15, 0.2) is 33.8 Å². The summed E-state index contributed by atoms with van der Waals surface area (Å²) in [5.41, 5.74) is 0.835. The number of guanidine groups is 1. The molecule has 1 aromatic carbocycles. The third-order valence-electron chi connectivity index (χ3n) is 2.55. The lowest BCUT2D eigenvalue weighted by atomic mass is 10.2. The summed E-state index contributed by atoms with van der Waals surface area (Å²) in [5, 5.41) is 9.80. The molecule has 1 aromatic heterocycles. The lowest BCUT2D eigenvalue weighted by molar-refractivity contribution is 0.371. The van der Waals surface area contributed by atoms with Gasteiger partial charge >= 0.3 is 0 Å². The Morgan fingerprint density at radius 3 is 2.80 bits per heavy atom. The molecule has 20 heavy (non-hydrogen) atoms. The SMILES string of the molecule is CN=C(NCc1cccc(F)c1)NCc1nc(C)no1. The Morgan fingerprint density at radius 1 is 1.35 bits per heavy atom. The average molecular weight is 277 g/mol. The minimum Gasteiger partial charge on any atom is -0.352 e. The van der Waals surface area contributed by atoms with Gasteiger partial charge in [-0.05, 0) is 24.6 Å². The monoisotopic (exact) mass is 277 g/mol. The number of nitrogens with one attached hydrogen (secondary N) is 2. The molecule has 0 aliphatic rings. The van der Waals surface area contributed by atoms with Crippen LogP contribution < -0.4 is 10.6 Å². The molecule has 106 valence electrons. The largest absolute Gasteiger partial charge is 0.352 e. The molecular formula is C13H16FN5O. The highest BCUT2D eigenvalue weighted by molar-refractivity contribution is 5.79. The maximum absolute atomic E-state index is 13.0. The smallest absolute Gasteiger partial charge is 0.246 e. The Balaban J connectivity index is 1.84. The fourth-order valence-corrected chi connectivity index (χ4v) is 1.62. The molecule has 0 spiro atoms. The molecule has 0 aliphatic heterocycles. The third-order valence-corrected chi connectivity index (χ3v) is 2.55. The van der Waals surface area contributed by atoms with Crippen LogP contribution in [0, 0.1) is 12.7 Å². The second-order valence-electron chi connectivity index (χ2n) is 4.14. The van der Waals surface area contributed by atoms with E-state index in [1.54, 1.807) is 20.0 Å². The van der Waals surface area contributed by atoms with Crippen molar-refractivity contribution >= 4 is 5.96 Å². The summed E-state index contributed by atoms with van der Waals surface area (Å²) in [6.07, 6.45) is 0. The van der Waals surface area contributed by atoms with Gasteiger partial charge in [0.25, 0.3) is 0 Å². The minimum atomic E-state index is -0.256. The van der Waals surface area contributed by atoms with E-state index in [2.05, 4.69) is 25.8 Å². The van der Waals surface area contributed by atoms with Crippen LogP contribution in [0.4, 0.5) is 4.39 Å². The highest BCUT2D eigenvalue weighted by atomic mass is 19.1. The number of nitrogens with zero attached hydrogens (tertiary/aromatic N) is 3. The van der Waals surface area contributed by atoms with Crippen molar-refractivity contribution < 1.29 is 8.91 Å². The topological polar surface area (TPSA) is 75.3 Å². The van der Waals surface area contributed by atoms with Gasteiger partial charge in [0.2, 0.25) is 5.89 Å². The molecule has 0 aliphatic carbocycles. The zero-order chi connectivity index (χ0) is 14.4. The first-order valence-electron chi connectivity index (χ1n) is 6.15. The van der Waals surface area contributed by atoms with Crippen LogP contribution in [-0.4, -0.2) is 23.1 Å². The van der Waals surface area contributed by atoms with E-state index in [4.69, 9.17) is 4.52 Å². The molecule has 6 nitrogen and oxygen atoms in total. The molecule has 2 aromatic rings. The second kappa shape index (κ2) is 6.65. The van der Waals surface area contributed by atoms with Crippen molar-refractivity contribution in [3.8, 4) is 0 Å². The van der Waals surface area contributed by atoms with Crippen LogP contribution in [0.3, 0.4) is 0 Å². The van der Waals surface area contributed by atoms with Crippen molar-refractivity contribution in [2.75, 3.05) is 7.05 Å². The fourth-order valence-electron chi connectivity index (χ4n) is 1.62. The average Bonchev–Trinajstić information content (AvgIpc) is 2.85. The molecule has 7 heteroatoms. The molecule has 0 saturated carbocycles. The minimum absolute atomic E-state index is 0.256. The van der Waals surface area contributed by atoms with Gasteiger partial charge in [-0.25, -0.2) is 4.39 Å². The van der Waals surface area contributed by atoms with Gasteiger partial charge in [0.15, 0.2) is 11.8 Å². The molecule has 0 amide bonds. The van der Waals surface area contributed by atoms with Gasteiger partial charge in [0, 0.05) is 13.6 Å². The van der Waals surface area contributed by atoms with E-state index in [1.807, 2.05) is 6.07 Å². The summed E-state index contributed by atoms with van der Waals surface area (Å²) < 4.78 is 18.0. The molecular weight excluding hydrogens is 261 g/mol. The highest BCUT2D eigenvalue weighted by Crippen LogP contribution is 2.02. The normalized spacial score (nSPS) is 11.4. The first-order chi connectivity index (χ1) is 9.67.